The Balaban J connectivity index is 1.44. The molecule has 0 saturated carbocycles. The molecule has 0 radical (unpaired) electrons. The third kappa shape index (κ3) is 4.90. The second-order valence-corrected chi connectivity index (χ2v) is 7.95. The fourth-order valence-corrected chi connectivity index (χ4v) is 4.10. The van der Waals surface area contributed by atoms with Crippen molar-refractivity contribution in [3.63, 3.8) is 0 Å². The summed E-state index contributed by atoms with van der Waals surface area (Å²) in [6.07, 6.45) is 7.73. The van der Waals surface area contributed by atoms with E-state index < -0.39 is 0 Å². The number of para-hydroxylation sites is 1. The number of aromatic nitrogens is 4. The molecule has 4 aromatic rings. The van der Waals surface area contributed by atoms with E-state index in [4.69, 9.17) is 14.5 Å². The third-order valence-electron chi connectivity index (χ3n) is 5.71. The quantitative estimate of drug-likeness (QED) is 0.450. The highest BCUT2D eigenvalue weighted by Crippen LogP contribution is 2.33. The van der Waals surface area contributed by atoms with Crippen LogP contribution in [0.25, 0.3) is 11.3 Å². The number of hydrogen-bond donors (Lipinski definition) is 1. The smallest absolute Gasteiger partial charge is 0.223 e. The summed E-state index contributed by atoms with van der Waals surface area (Å²) in [5.41, 5.74) is 2.68. The first-order valence-electron chi connectivity index (χ1n) is 11.1. The predicted octanol–water partition coefficient (Wildman–Crippen LogP) is 4.57. The van der Waals surface area contributed by atoms with Crippen molar-refractivity contribution in [3.05, 3.63) is 84.8 Å². The van der Waals surface area contributed by atoms with E-state index in [1.807, 2.05) is 53.4 Å². The zero-order chi connectivity index (χ0) is 22.5. The van der Waals surface area contributed by atoms with Crippen LogP contribution in [0.4, 0.5) is 11.5 Å². The number of amides is 1. The Morgan fingerprint density at radius 3 is 2.70 bits per heavy atom. The molecule has 0 bridgehead atoms. The lowest BCUT2D eigenvalue weighted by atomic mass is 10.1. The summed E-state index contributed by atoms with van der Waals surface area (Å²) in [7, 11) is 0. The summed E-state index contributed by atoms with van der Waals surface area (Å²) in [6.45, 7) is 0.699. The molecule has 4 heterocycles. The van der Waals surface area contributed by atoms with Crippen molar-refractivity contribution in [2.24, 2.45) is 0 Å². The van der Waals surface area contributed by atoms with Crippen LogP contribution in [0, 0.1) is 0 Å². The van der Waals surface area contributed by atoms with Crippen LogP contribution < -0.4 is 5.32 Å². The van der Waals surface area contributed by atoms with Crippen molar-refractivity contribution in [1.82, 2.24) is 25.0 Å². The molecule has 8 heteroatoms. The molecule has 0 aliphatic carbocycles. The molecule has 1 atom stereocenters. The molecule has 3 aromatic heterocycles. The summed E-state index contributed by atoms with van der Waals surface area (Å²) in [5.74, 6) is 2.13. The zero-order valence-electron chi connectivity index (χ0n) is 18.1. The average Bonchev–Trinajstić information content (AvgIpc) is 3.56. The Bertz CT molecular complexity index is 1200. The molecule has 1 aliphatic rings. The Hall–Kier alpha value is -4.07. The van der Waals surface area contributed by atoms with Crippen LogP contribution in [0.5, 0.6) is 0 Å². The Morgan fingerprint density at radius 1 is 1.06 bits per heavy atom. The van der Waals surface area contributed by atoms with E-state index in [9.17, 15) is 4.79 Å². The topological polar surface area (TPSA) is 97.0 Å². The van der Waals surface area contributed by atoms with E-state index in [-0.39, 0.29) is 11.9 Å². The molecule has 1 aromatic carbocycles. The number of hydrogen-bond acceptors (Lipinski definition) is 7. The van der Waals surface area contributed by atoms with Crippen molar-refractivity contribution in [1.29, 1.82) is 0 Å². The molecular weight excluding hydrogens is 416 g/mol. The summed E-state index contributed by atoms with van der Waals surface area (Å²) in [6, 6.07) is 17.3. The van der Waals surface area contributed by atoms with Gasteiger partial charge in [-0.05, 0) is 37.1 Å². The van der Waals surface area contributed by atoms with Crippen LogP contribution in [0.15, 0.2) is 77.7 Å². The molecule has 33 heavy (non-hydrogen) atoms. The van der Waals surface area contributed by atoms with Gasteiger partial charge in [0, 0.05) is 55.2 Å². The Morgan fingerprint density at radius 2 is 1.91 bits per heavy atom. The fourth-order valence-electron chi connectivity index (χ4n) is 4.10. The lowest BCUT2D eigenvalue weighted by Gasteiger charge is -2.24. The van der Waals surface area contributed by atoms with Gasteiger partial charge in [0.2, 0.25) is 5.91 Å². The van der Waals surface area contributed by atoms with Crippen LogP contribution in [0.3, 0.4) is 0 Å². The lowest BCUT2D eigenvalue weighted by Crippen LogP contribution is -2.31. The minimum atomic E-state index is -0.162. The van der Waals surface area contributed by atoms with Gasteiger partial charge >= 0.3 is 0 Å². The summed E-state index contributed by atoms with van der Waals surface area (Å²) < 4.78 is 5.14. The van der Waals surface area contributed by atoms with Gasteiger partial charge < -0.3 is 14.7 Å². The van der Waals surface area contributed by atoms with Gasteiger partial charge in [0.05, 0.1) is 17.9 Å². The van der Waals surface area contributed by atoms with E-state index in [1.54, 1.807) is 24.7 Å². The van der Waals surface area contributed by atoms with E-state index in [0.29, 0.717) is 36.8 Å². The van der Waals surface area contributed by atoms with Crippen LogP contribution in [-0.2, 0) is 11.2 Å². The minimum Gasteiger partial charge on any atom is -0.361 e. The van der Waals surface area contributed by atoms with Crippen LogP contribution in [0.1, 0.15) is 36.9 Å². The fraction of sp³-hybridized carbons (Fsp3) is 0.240. The number of aryl methyl sites for hydroxylation is 1. The van der Waals surface area contributed by atoms with Crippen molar-refractivity contribution in [2.45, 2.75) is 31.7 Å². The number of carbonyl (C=O) groups excluding carboxylic acids is 1. The largest absolute Gasteiger partial charge is 0.361 e. The highest BCUT2D eigenvalue weighted by Gasteiger charge is 2.32. The number of carbonyl (C=O) groups is 1. The molecule has 1 N–H and O–H groups in total. The van der Waals surface area contributed by atoms with Gasteiger partial charge in [-0.15, -0.1) is 0 Å². The number of nitrogens with one attached hydrogen (secondary N) is 1. The number of nitrogens with zero attached hydrogens (tertiary/aromatic N) is 5. The van der Waals surface area contributed by atoms with Gasteiger partial charge in [-0.3, -0.25) is 9.78 Å². The maximum Gasteiger partial charge on any atom is 0.223 e. The average molecular weight is 441 g/mol. The summed E-state index contributed by atoms with van der Waals surface area (Å²) in [5, 5.41) is 7.09. The molecule has 1 fully saturated rings. The van der Waals surface area contributed by atoms with E-state index in [2.05, 4.69) is 15.5 Å². The summed E-state index contributed by atoms with van der Waals surface area (Å²) >= 11 is 0. The van der Waals surface area contributed by atoms with Crippen LogP contribution >= 0.6 is 0 Å². The van der Waals surface area contributed by atoms with E-state index in [1.165, 1.54) is 0 Å². The Kier molecular flexibility index (Phi) is 6.06. The molecule has 1 aliphatic heterocycles. The molecule has 5 rings (SSSR count). The molecular formula is C25H24N6O2. The second kappa shape index (κ2) is 9.60. The van der Waals surface area contributed by atoms with Gasteiger partial charge in [0.25, 0.3) is 0 Å². The monoisotopic (exact) mass is 440 g/mol. The predicted molar refractivity (Wildman–Crippen MR) is 123 cm³/mol. The number of likely N-dealkylation sites (tertiary alicyclic amines) is 1. The third-order valence-corrected chi connectivity index (χ3v) is 5.71. The van der Waals surface area contributed by atoms with Gasteiger partial charge in [0.1, 0.15) is 11.6 Å². The number of pyridine rings is 1. The lowest BCUT2D eigenvalue weighted by molar-refractivity contribution is -0.132. The van der Waals surface area contributed by atoms with Gasteiger partial charge in [-0.25, -0.2) is 9.97 Å². The van der Waals surface area contributed by atoms with E-state index >= 15 is 0 Å². The first-order chi connectivity index (χ1) is 16.3. The van der Waals surface area contributed by atoms with Gasteiger partial charge in [-0.2, -0.15) is 0 Å². The van der Waals surface area contributed by atoms with E-state index in [0.717, 1.165) is 29.8 Å². The first-order valence-corrected chi connectivity index (χ1v) is 11.1. The van der Waals surface area contributed by atoms with Crippen molar-refractivity contribution >= 4 is 17.4 Å². The van der Waals surface area contributed by atoms with Crippen molar-refractivity contribution in [2.75, 3.05) is 11.9 Å². The number of rotatable bonds is 7. The van der Waals surface area contributed by atoms with Crippen LogP contribution in [-0.4, -0.2) is 37.5 Å². The normalized spacial score (nSPS) is 15.5. The van der Waals surface area contributed by atoms with Crippen molar-refractivity contribution in [3.8, 4) is 11.3 Å². The molecule has 1 saturated heterocycles. The molecule has 0 spiro atoms. The maximum atomic E-state index is 13.0. The molecule has 8 nitrogen and oxygen atoms in total. The SMILES string of the molecule is O=C(CCc1ccno1)N1CCCC1c1nc(Nc2ccccc2)cc(-c2ccncc2)n1. The number of anilines is 2. The van der Waals surface area contributed by atoms with Crippen molar-refractivity contribution < 1.29 is 9.32 Å². The Labute approximate surface area is 191 Å². The zero-order valence-corrected chi connectivity index (χ0v) is 18.1. The highest BCUT2D eigenvalue weighted by molar-refractivity contribution is 5.77. The maximum absolute atomic E-state index is 13.0. The van der Waals surface area contributed by atoms with Gasteiger partial charge in [0.15, 0.2) is 5.82 Å². The summed E-state index contributed by atoms with van der Waals surface area (Å²) in [4.78, 5) is 28.7. The minimum absolute atomic E-state index is 0.0735. The molecule has 166 valence electrons. The van der Waals surface area contributed by atoms with Gasteiger partial charge in [-0.1, -0.05) is 23.4 Å². The molecule has 1 amide bonds. The second-order valence-electron chi connectivity index (χ2n) is 7.95. The standard InChI is InChI=1S/C25H24N6O2/c32-24(9-8-20-12-15-27-33-20)31-16-4-7-22(31)25-29-21(18-10-13-26-14-11-18)17-23(30-25)28-19-5-2-1-3-6-19/h1-3,5-6,10-15,17,22H,4,7-9,16H2,(H,28,29,30). The van der Waals surface area contributed by atoms with Crippen LogP contribution in [0.2, 0.25) is 0 Å². The first kappa shape index (κ1) is 20.8. The number of benzene rings is 1. The molecule has 1 unspecified atom stereocenters. The highest BCUT2D eigenvalue weighted by atomic mass is 16.5.